The largest absolute Gasteiger partial charge is 0.352 e. The van der Waals surface area contributed by atoms with Gasteiger partial charge in [-0.1, -0.05) is 24.6 Å². The van der Waals surface area contributed by atoms with E-state index in [2.05, 4.69) is 10.4 Å². The maximum absolute atomic E-state index is 12.8. The van der Waals surface area contributed by atoms with Crippen molar-refractivity contribution >= 4 is 21.7 Å². The van der Waals surface area contributed by atoms with E-state index in [4.69, 9.17) is 0 Å². The van der Waals surface area contributed by atoms with Crippen molar-refractivity contribution in [3.63, 3.8) is 0 Å². The summed E-state index contributed by atoms with van der Waals surface area (Å²) >= 11 is 0. The first-order valence-corrected chi connectivity index (χ1v) is 9.08. The fourth-order valence-electron chi connectivity index (χ4n) is 2.28. The standard InChI is InChI=1S/C16H22N4O3S/c1-5-10-17-15(21)14-11-18-19(3)16(14)20(4)24(22,23)13-8-6-12(2)7-9-13/h6-9,11H,5,10H2,1-4H3,(H,17,21). The molecule has 0 bridgehead atoms. The van der Waals surface area contributed by atoms with Crippen LogP contribution in [0.5, 0.6) is 0 Å². The van der Waals surface area contributed by atoms with Crippen LogP contribution in [0.15, 0.2) is 35.4 Å². The number of sulfonamides is 1. The van der Waals surface area contributed by atoms with Gasteiger partial charge in [0.15, 0.2) is 5.82 Å². The van der Waals surface area contributed by atoms with Gasteiger partial charge in [-0.05, 0) is 25.5 Å². The number of rotatable bonds is 6. The van der Waals surface area contributed by atoms with Crippen molar-refractivity contribution in [3.05, 3.63) is 41.6 Å². The lowest BCUT2D eigenvalue weighted by atomic mass is 10.2. The molecule has 1 amide bonds. The van der Waals surface area contributed by atoms with E-state index in [1.807, 2.05) is 13.8 Å². The molecule has 130 valence electrons. The Kier molecular flexibility index (Phi) is 5.28. The smallest absolute Gasteiger partial charge is 0.265 e. The van der Waals surface area contributed by atoms with Gasteiger partial charge in [-0.2, -0.15) is 5.10 Å². The highest BCUT2D eigenvalue weighted by Crippen LogP contribution is 2.25. The summed E-state index contributed by atoms with van der Waals surface area (Å²) in [5.41, 5.74) is 1.20. The summed E-state index contributed by atoms with van der Waals surface area (Å²) in [4.78, 5) is 12.4. The van der Waals surface area contributed by atoms with Crippen molar-refractivity contribution in [3.8, 4) is 0 Å². The van der Waals surface area contributed by atoms with Crippen molar-refractivity contribution in [1.29, 1.82) is 0 Å². The van der Waals surface area contributed by atoms with E-state index >= 15 is 0 Å². The van der Waals surface area contributed by atoms with E-state index in [9.17, 15) is 13.2 Å². The normalized spacial score (nSPS) is 11.3. The highest BCUT2D eigenvalue weighted by Gasteiger charge is 2.28. The number of nitrogens with zero attached hydrogens (tertiary/aromatic N) is 3. The molecule has 0 fully saturated rings. The van der Waals surface area contributed by atoms with Gasteiger partial charge in [-0.3, -0.25) is 13.8 Å². The minimum absolute atomic E-state index is 0.164. The van der Waals surface area contributed by atoms with Crippen molar-refractivity contribution in [1.82, 2.24) is 15.1 Å². The molecular weight excluding hydrogens is 328 g/mol. The van der Waals surface area contributed by atoms with Crippen molar-refractivity contribution < 1.29 is 13.2 Å². The molecule has 24 heavy (non-hydrogen) atoms. The summed E-state index contributed by atoms with van der Waals surface area (Å²) in [6.45, 7) is 4.34. The summed E-state index contributed by atoms with van der Waals surface area (Å²) in [5.74, 6) is -0.116. The summed E-state index contributed by atoms with van der Waals surface area (Å²) < 4.78 is 28.1. The molecule has 1 N–H and O–H groups in total. The molecule has 0 saturated carbocycles. The third-order valence-electron chi connectivity index (χ3n) is 3.67. The molecular formula is C16H22N4O3S. The van der Waals surface area contributed by atoms with Gasteiger partial charge in [0.1, 0.15) is 5.56 Å². The molecule has 0 spiro atoms. The third-order valence-corrected chi connectivity index (χ3v) is 5.43. The number of carbonyl (C=O) groups excluding carboxylic acids is 1. The Hall–Kier alpha value is -2.35. The number of nitrogens with one attached hydrogen (secondary N) is 1. The molecule has 0 aliphatic rings. The van der Waals surface area contributed by atoms with Crippen LogP contribution in [-0.2, 0) is 17.1 Å². The van der Waals surface area contributed by atoms with Gasteiger partial charge in [-0.15, -0.1) is 0 Å². The zero-order valence-corrected chi connectivity index (χ0v) is 15.1. The van der Waals surface area contributed by atoms with Gasteiger partial charge < -0.3 is 5.32 Å². The van der Waals surface area contributed by atoms with Gasteiger partial charge in [0.05, 0.1) is 11.1 Å². The molecule has 1 aromatic carbocycles. The minimum Gasteiger partial charge on any atom is -0.352 e. The van der Waals surface area contributed by atoms with Crippen LogP contribution in [0.1, 0.15) is 29.3 Å². The van der Waals surface area contributed by atoms with E-state index in [0.29, 0.717) is 6.54 Å². The Bertz CT molecular complexity index is 826. The topological polar surface area (TPSA) is 84.3 Å². The number of anilines is 1. The van der Waals surface area contributed by atoms with Gasteiger partial charge in [0.2, 0.25) is 0 Å². The van der Waals surface area contributed by atoms with Crippen LogP contribution in [0.2, 0.25) is 0 Å². The zero-order chi connectivity index (χ0) is 17.9. The maximum Gasteiger partial charge on any atom is 0.265 e. The maximum atomic E-state index is 12.8. The molecule has 0 aliphatic heterocycles. The van der Waals surface area contributed by atoms with Crippen LogP contribution >= 0.6 is 0 Å². The van der Waals surface area contributed by atoms with Crippen LogP contribution in [0.4, 0.5) is 5.82 Å². The molecule has 1 heterocycles. The second kappa shape index (κ2) is 7.04. The molecule has 7 nitrogen and oxygen atoms in total. The average molecular weight is 350 g/mol. The summed E-state index contributed by atoms with van der Waals surface area (Å²) in [6.07, 6.45) is 2.17. The monoisotopic (exact) mass is 350 g/mol. The Morgan fingerprint density at radius 3 is 2.50 bits per heavy atom. The number of amides is 1. The summed E-state index contributed by atoms with van der Waals surface area (Å²) in [5, 5.41) is 6.78. The van der Waals surface area contributed by atoms with Crippen LogP contribution < -0.4 is 9.62 Å². The summed E-state index contributed by atoms with van der Waals surface area (Å²) in [6, 6.07) is 6.57. The van der Waals surface area contributed by atoms with E-state index in [0.717, 1.165) is 16.3 Å². The lowest BCUT2D eigenvalue weighted by Crippen LogP contribution is -2.32. The van der Waals surface area contributed by atoms with Gasteiger partial charge in [0, 0.05) is 20.6 Å². The second-order valence-electron chi connectivity index (χ2n) is 5.55. The molecule has 0 atom stereocenters. The van der Waals surface area contributed by atoms with E-state index in [-0.39, 0.29) is 22.2 Å². The lowest BCUT2D eigenvalue weighted by Gasteiger charge is -2.21. The Balaban J connectivity index is 2.42. The minimum atomic E-state index is -3.79. The van der Waals surface area contributed by atoms with E-state index in [1.165, 1.54) is 17.9 Å². The third kappa shape index (κ3) is 3.43. The number of aryl methyl sites for hydroxylation is 2. The molecule has 0 unspecified atom stereocenters. The summed E-state index contributed by atoms with van der Waals surface area (Å²) in [7, 11) is -0.762. The molecule has 8 heteroatoms. The average Bonchev–Trinajstić information content (AvgIpc) is 2.93. The first-order chi connectivity index (χ1) is 11.3. The Labute approximate surface area is 142 Å². The SMILES string of the molecule is CCCNC(=O)c1cnn(C)c1N(C)S(=O)(=O)c1ccc(C)cc1. The molecule has 0 saturated heterocycles. The number of aromatic nitrogens is 2. The van der Waals surface area contributed by atoms with Crippen LogP contribution in [-0.4, -0.2) is 37.7 Å². The quantitative estimate of drug-likeness (QED) is 0.859. The fourth-order valence-corrected chi connectivity index (χ4v) is 3.52. The number of hydrogen-bond acceptors (Lipinski definition) is 4. The number of carbonyl (C=O) groups is 1. The van der Waals surface area contributed by atoms with Gasteiger partial charge in [-0.25, -0.2) is 8.42 Å². The van der Waals surface area contributed by atoms with Crippen molar-refractivity contribution in [2.24, 2.45) is 7.05 Å². The molecule has 0 radical (unpaired) electrons. The number of hydrogen-bond donors (Lipinski definition) is 1. The van der Waals surface area contributed by atoms with Crippen LogP contribution in [0.3, 0.4) is 0 Å². The van der Waals surface area contributed by atoms with Crippen molar-refractivity contribution in [2.45, 2.75) is 25.2 Å². The molecule has 0 aliphatic carbocycles. The van der Waals surface area contributed by atoms with E-state index in [1.54, 1.807) is 31.3 Å². The van der Waals surface area contributed by atoms with E-state index < -0.39 is 10.0 Å². The second-order valence-corrected chi connectivity index (χ2v) is 7.52. The molecule has 2 aromatic rings. The molecule has 2 rings (SSSR count). The Morgan fingerprint density at radius 2 is 1.92 bits per heavy atom. The Morgan fingerprint density at radius 1 is 1.29 bits per heavy atom. The fraction of sp³-hybridized carbons (Fsp3) is 0.375. The highest BCUT2D eigenvalue weighted by molar-refractivity contribution is 7.92. The van der Waals surface area contributed by atoms with Crippen molar-refractivity contribution in [2.75, 3.05) is 17.9 Å². The first-order valence-electron chi connectivity index (χ1n) is 7.64. The first kappa shape index (κ1) is 18.0. The predicted octanol–water partition coefficient (Wildman–Crippen LogP) is 1.69. The van der Waals surface area contributed by atoms with Crippen LogP contribution in [0, 0.1) is 6.92 Å². The molecule has 1 aromatic heterocycles. The zero-order valence-electron chi connectivity index (χ0n) is 14.3. The van der Waals surface area contributed by atoms with Gasteiger partial charge >= 0.3 is 0 Å². The van der Waals surface area contributed by atoms with Crippen LogP contribution in [0.25, 0.3) is 0 Å². The van der Waals surface area contributed by atoms with Gasteiger partial charge in [0.25, 0.3) is 15.9 Å². The highest BCUT2D eigenvalue weighted by atomic mass is 32.2. The number of benzene rings is 1. The lowest BCUT2D eigenvalue weighted by molar-refractivity contribution is 0.0954. The predicted molar refractivity (Wildman–Crippen MR) is 92.6 cm³/mol.